The van der Waals surface area contributed by atoms with Gasteiger partial charge in [-0.15, -0.1) is 0 Å². The molecule has 1 aromatic rings. The Morgan fingerprint density at radius 3 is 2.89 bits per heavy atom. The van der Waals surface area contributed by atoms with Gasteiger partial charge in [0.2, 0.25) is 5.95 Å². The summed E-state index contributed by atoms with van der Waals surface area (Å²) in [7, 11) is 2.06. The van der Waals surface area contributed by atoms with Gasteiger partial charge in [0.15, 0.2) is 0 Å². The van der Waals surface area contributed by atoms with Crippen molar-refractivity contribution in [2.45, 2.75) is 19.4 Å². The zero-order valence-corrected chi connectivity index (χ0v) is 10.8. The van der Waals surface area contributed by atoms with Crippen LogP contribution >= 0.6 is 0 Å². The van der Waals surface area contributed by atoms with E-state index in [1.165, 1.54) is 18.3 Å². The van der Waals surface area contributed by atoms with Gasteiger partial charge >= 0.3 is 0 Å². The van der Waals surface area contributed by atoms with E-state index in [1.54, 1.807) is 0 Å². The number of halogens is 1. The van der Waals surface area contributed by atoms with Crippen LogP contribution < -0.4 is 0 Å². The molecule has 0 radical (unpaired) electrons. The molecule has 98 valence electrons. The van der Waals surface area contributed by atoms with Crippen LogP contribution in [0.5, 0.6) is 0 Å². The average molecular weight is 251 g/mol. The van der Waals surface area contributed by atoms with E-state index in [0.717, 1.165) is 26.1 Å². The molecule has 1 aliphatic rings. The summed E-state index contributed by atoms with van der Waals surface area (Å²) in [6, 6.07) is 2.88. The summed E-state index contributed by atoms with van der Waals surface area (Å²) in [5.41, 5.74) is 0.452. The van der Waals surface area contributed by atoms with E-state index >= 15 is 0 Å². The molecule has 1 amide bonds. The quantitative estimate of drug-likeness (QED) is 0.708. The Bertz CT molecular complexity index is 421. The lowest BCUT2D eigenvalue weighted by molar-refractivity contribution is 0.0696. The molecule has 0 spiro atoms. The summed E-state index contributed by atoms with van der Waals surface area (Å²) in [4.78, 5) is 19.9. The van der Waals surface area contributed by atoms with Crippen molar-refractivity contribution < 1.29 is 9.18 Å². The van der Waals surface area contributed by atoms with Gasteiger partial charge in [-0.05, 0) is 39.1 Å². The Balaban J connectivity index is 2.14. The second kappa shape index (κ2) is 5.44. The summed E-state index contributed by atoms with van der Waals surface area (Å²) < 4.78 is 12.7. The number of carbonyl (C=O) groups is 1. The summed E-state index contributed by atoms with van der Waals surface area (Å²) >= 11 is 0. The lowest BCUT2D eigenvalue weighted by Gasteiger charge is -2.28. The minimum absolute atomic E-state index is 0.0645. The van der Waals surface area contributed by atoms with Crippen molar-refractivity contribution in [1.29, 1.82) is 0 Å². The Hall–Kier alpha value is -1.49. The molecule has 5 heteroatoms. The van der Waals surface area contributed by atoms with Crippen LogP contribution in [0.2, 0.25) is 0 Å². The molecule has 0 aromatic carbocycles. The van der Waals surface area contributed by atoms with Gasteiger partial charge in [-0.25, -0.2) is 4.98 Å². The number of aromatic nitrogens is 1. The van der Waals surface area contributed by atoms with Crippen LogP contribution in [-0.2, 0) is 0 Å². The first kappa shape index (κ1) is 13.0. The number of hydrogen-bond acceptors (Lipinski definition) is 3. The van der Waals surface area contributed by atoms with Crippen LogP contribution in [0, 0.1) is 5.95 Å². The van der Waals surface area contributed by atoms with Gasteiger partial charge in [0.25, 0.3) is 5.91 Å². The lowest BCUT2D eigenvalue weighted by Crippen LogP contribution is -2.42. The van der Waals surface area contributed by atoms with Gasteiger partial charge in [0.1, 0.15) is 0 Å². The Morgan fingerprint density at radius 1 is 1.44 bits per heavy atom. The molecule has 0 N–H and O–H groups in total. The highest BCUT2D eigenvalue weighted by Crippen LogP contribution is 2.13. The van der Waals surface area contributed by atoms with Crippen molar-refractivity contribution in [3.63, 3.8) is 0 Å². The predicted octanol–water partition coefficient (Wildman–Crippen LogP) is 1.39. The SMILES string of the molecule is CC1CN(C)CCCN1C(=O)c1ccc(F)nc1. The summed E-state index contributed by atoms with van der Waals surface area (Å²) in [6.07, 6.45) is 2.26. The average Bonchev–Trinajstić information content (AvgIpc) is 2.50. The largest absolute Gasteiger partial charge is 0.335 e. The molecule has 1 aromatic heterocycles. The molecule has 0 bridgehead atoms. The molecule has 1 fully saturated rings. The molecule has 0 saturated carbocycles. The minimum atomic E-state index is -0.560. The lowest BCUT2D eigenvalue weighted by atomic mass is 10.2. The molecule has 1 unspecified atom stereocenters. The van der Waals surface area contributed by atoms with E-state index < -0.39 is 5.95 Å². The van der Waals surface area contributed by atoms with Crippen LogP contribution in [0.25, 0.3) is 0 Å². The minimum Gasteiger partial charge on any atom is -0.335 e. The van der Waals surface area contributed by atoms with E-state index in [1.807, 2.05) is 11.8 Å². The molecule has 18 heavy (non-hydrogen) atoms. The first-order valence-corrected chi connectivity index (χ1v) is 6.19. The van der Waals surface area contributed by atoms with Crippen LogP contribution in [0.3, 0.4) is 0 Å². The zero-order chi connectivity index (χ0) is 13.1. The first-order valence-electron chi connectivity index (χ1n) is 6.19. The molecule has 4 nitrogen and oxygen atoms in total. The second-order valence-electron chi connectivity index (χ2n) is 4.83. The number of amides is 1. The van der Waals surface area contributed by atoms with Crippen molar-refractivity contribution in [3.05, 3.63) is 29.8 Å². The fraction of sp³-hybridized carbons (Fsp3) is 0.538. The maximum absolute atomic E-state index is 12.7. The van der Waals surface area contributed by atoms with E-state index in [4.69, 9.17) is 0 Å². The van der Waals surface area contributed by atoms with Crippen molar-refractivity contribution >= 4 is 5.91 Å². The van der Waals surface area contributed by atoms with Crippen molar-refractivity contribution in [1.82, 2.24) is 14.8 Å². The van der Waals surface area contributed by atoms with E-state index in [9.17, 15) is 9.18 Å². The van der Waals surface area contributed by atoms with Gasteiger partial charge in [0, 0.05) is 25.3 Å². The molecule has 1 atom stereocenters. The maximum atomic E-state index is 12.7. The maximum Gasteiger partial charge on any atom is 0.255 e. The summed E-state index contributed by atoms with van der Waals surface area (Å²) in [5.74, 6) is -0.625. The van der Waals surface area contributed by atoms with Gasteiger partial charge < -0.3 is 9.80 Å². The van der Waals surface area contributed by atoms with Gasteiger partial charge in [-0.1, -0.05) is 0 Å². The van der Waals surface area contributed by atoms with Crippen LogP contribution in [-0.4, -0.2) is 53.4 Å². The Morgan fingerprint density at radius 2 is 2.22 bits per heavy atom. The highest BCUT2D eigenvalue weighted by Gasteiger charge is 2.24. The predicted molar refractivity (Wildman–Crippen MR) is 66.8 cm³/mol. The number of carbonyl (C=O) groups excluding carboxylic acids is 1. The molecule has 2 rings (SSSR count). The van der Waals surface area contributed by atoms with E-state index in [2.05, 4.69) is 16.9 Å². The van der Waals surface area contributed by atoms with Crippen LogP contribution in [0.15, 0.2) is 18.3 Å². The highest BCUT2D eigenvalue weighted by atomic mass is 19.1. The van der Waals surface area contributed by atoms with Crippen molar-refractivity contribution in [2.75, 3.05) is 26.7 Å². The fourth-order valence-corrected chi connectivity index (χ4v) is 2.34. The Kier molecular flexibility index (Phi) is 3.91. The van der Waals surface area contributed by atoms with Crippen molar-refractivity contribution in [2.24, 2.45) is 0 Å². The molecule has 1 saturated heterocycles. The number of hydrogen-bond donors (Lipinski definition) is 0. The van der Waals surface area contributed by atoms with E-state index in [0.29, 0.717) is 5.56 Å². The zero-order valence-electron chi connectivity index (χ0n) is 10.8. The summed E-state index contributed by atoms with van der Waals surface area (Å²) in [5, 5.41) is 0. The number of rotatable bonds is 1. The Labute approximate surface area is 106 Å². The second-order valence-corrected chi connectivity index (χ2v) is 4.83. The molecular weight excluding hydrogens is 233 g/mol. The molecular formula is C13H18FN3O. The third-order valence-electron chi connectivity index (χ3n) is 3.28. The van der Waals surface area contributed by atoms with Crippen LogP contribution in [0.1, 0.15) is 23.7 Å². The van der Waals surface area contributed by atoms with E-state index in [-0.39, 0.29) is 11.9 Å². The smallest absolute Gasteiger partial charge is 0.255 e. The molecule has 2 heterocycles. The topological polar surface area (TPSA) is 36.4 Å². The third kappa shape index (κ3) is 2.85. The number of pyridine rings is 1. The normalized spacial score (nSPS) is 21.7. The molecule has 1 aliphatic heterocycles. The first-order chi connectivity index (χ1) is 8.58. The molecule has 0 aliphatic carbocycles. The monoisotopic (exact) mass is 251 g/mol. The number of likely N-dealkylation sites (N-methyl/N-ethyl adjacent to an activating group) is 1. The highest BCUT2D eigenvalue weighted by molar-refractivity contribution is 5.94. The standard InChI is InChI=1S/C13H18FN3O/c1-10-9-16(2)6-3-7-17(10)13(18)11-4-5-12(14)15-8-11/h4-5,8,10H,3,6-7,9H2,1-2H3. The van der Waals surface area contributed by atoms with Gasteiger partial charge in [-0.2, -0.15) is 4.39 Å². The fourth-order valence-electron chi connectivity index (χ4n) is 2.34. The third-order valence-corrected chi connectivity index (χ3v) is 3.28. The number of nitrogens with zero attached hydrogens (tertiary/aromatic N) is 3. The van der Waals surface area contributed by atoms with Gasteiger partial charge in [0.05, 0.1) is 5.56 Å². The summed E-state index contributed by atoms with van der Waals surface area (Å²) in [6.45, 7) is 4.63. The van der Waals surface area contributed by atoms with Crippen molar-refractivity contribution in [3.8, 4) is 0 Å². The van der Waals surface area contributed by atoms with Gasteiger partial charge in [-0.3, -0.25) is 4.79 Å². The van der Waals surface area contributed by atoms with Crippen LogP contribution in [0.4, 0.5) is 4.39 Å².